The van der Waals surface area contributed by atoms with E-state index >= 15 is 0 Å². The van der Waals surface area contributed by atoms with E-state index in [2.05, 4.69) is 50.4 Å². The van der Waals surface area contributed by atoms with E-state index in [0.29, 0.717) is 12.0 Å². The quantitative estimate of drug-likeness (QED) is 0.742. The van der Waals surface area contributed by atoms with Crippen molar-refractivity contribution in [2.45, 2.75) is 52.6 Å². The second-order valence-electron chi connectivity index (χ2n) is 5.56. The Hall–Kier alpha value is -0.860. The summed E-state index contributed by atoms with van der Waals surface area (Å²) in [5.74, 6) is 0.715. The van der Waals surface area contributed by atoms with Crippen molar-refractivity contribution < 1.29 is 5.11 Å². The zero-order valence-electron chi connectivity index (χ0n) is 11.9. The van der Waals surface area contributed by atoms with Gasteiger partial charge in [-0.2, -0.15) is 0 Å². The highest BCUT2D eigenvalue weighted by Crippen LogP contribution is 2.10. The minimum Gasteiger partial charge on any atom is -0.396 e. The molecule has 2 heteroatoms. The molecular weight excluding hydrogens is 222 g/mol. The van der Waals surface area contributed by atoms with E-state index in [9.17, 15) is 0 Å². The van der Waals surface area contributed by atoms with E-state index in [4.69, 9.17) is 5.11 Å². The Labute approximate surface area is 111 Å². The molecule has 18 heavy (non-hydrogen) atoms. The summed E-state index contributed by atoms with van der Waals surface area (Å²) in [6.45, 7) is 7.86. The van der Waals surface area contributed by atoms with Crippen molar-refractivity contribution in [3.8, 4) is 0 Å². The van der Waals surface area contributed by atoms with E-state index in [-0.39, 0.29) is 6.61 Å². The fourth-order valence-electron chi connectivity index (χ4n) is 2.06. The molecule has 0 fully saturated rings. The van der Waals surface area contributed by atoms with E-state index < -0.39 is 0 Å². The number of aliphatic hydroxyl groups is 1. The Balaban J connectivity index is 2.34. The molecule has 0 saturated carbocycles. The first-order valence-electron chi connectivity index (χ1n) is 7.04. The fourth-order valence-corrected chi connectivity index (χ4v) is 2.06. The molecule has 102 valence electrons. The number of aliphatic hydroxyl groups excluding tert-OH is 1. The number of nitrogens with one attached hydrogen (secondary N) is 1. The zero-order valence-corrected chi connectivity index (χ0v) is 11.9. The van der Waals surface area contributed by atoms with Crippen LogP contribution in [0.25, 0.3) is 0 Å². The Morgan fingerprint density at radius 2 is 1.67 bits per heavy atom. The van der Waals surface area contributed by atoms with Gasteiger partial charge in [-0.3, -0.25) is 0 Å². The summed E-state index contributed by atoms with van der Waals surface area (Å²) in [5.41, 5.74) is 2.75. The van der Waals surface area contributed by atoms with Crippen LogP contribution in [0.2, 0.25) is 0 Å². The average molecular weight is 249 g/mol. The third-order valence-corrected chi connectivity index (χ3v) is 3.12. The van der Waals surface area contributed by atoms with Gasteiger partial charge in [0.25, 0.3) is 0 Å². The Morgan fingerprint density at radius 3 is 2.22 bits per heavy atom. The molecule has 1 aromatic carbocycles. The lowest BCUT2D eigenvalue weighted by Crippen LogP contribution is -2.25. The Morgan fingerprint density at radius 1 is 1.06 bits per heavy atom. The fraction of sp³-hybridized carbons (Fsp3) is 0.625. The van der Waals surface area contributed by atoms with Crippen molar-refractivity contribution in [3.63, 3.8) is 0 Å². The lowest BCUT2D eigenvalue weighted by atomic mass is 10.0. The normalized spacial score (nSPS) is 12.9. The Bertz CT molecular complexity index is 318. The monoisotopic (exact) mass is 249 g/mol. The van der Waals surface area contributed by atoms with Crippen LogP contribution >= 0.6 is 0 Å². The molecular formula is C16H27NO. The maximum Gasteiger partial charge on any atom is 0.0431 e. The van der Waals surface area contributed by atoms with Crippen LogP contribution in [0, 0.1) is 5.92 Å². The predicted molar refractivity (Wildman–Crippen MR) is 77.6 cm³/mol. The van der Waals surface area contributed by atoms with Gasteiger partial charge in [-0.05, 0) is 43.2 Å². The van der Waals surface area contributed by atoms with Gasteiger partial charge in [-0.1, -0.05) is 38.1 Å². The van der Waals surface area contributed by atoms with Gasteiger partial charge in [-0.15, -0.1) is 0 Å². The first-order chi connectivity index (χ1) is 8.61. The maximum absolute atomic E-state index is 8.78. The number of hydrogen-bond acceptors (Lipinski definition) is 2. The largest absolute Gasteiger partial charge is 0.396 e. The maximum atomic E-state index is 8.78. The Kier molecular flexibility index (Phi) is 6.99. The highest BCUT2D eigenvalue weighted by Gasteiger charge is 2.02. The van der Waals surface area contributed by atoms with Crippen molar-refractivity contribution in [1.82, 2.24) is 5.32 Å². The topological polar surface area (TPSA) is 32.3 Å². The second-order valence-corrected chi connectivity index (χ2v) is 5.56. The molecule has 1 atom stereocenters. The highest BCUT2D eigenvalue weighted by molar-refractivity contribution is 5.22. The average Bonchev–Trinajstić information content (AvgIpc) is 2.35. The predicted octanol–water partition coefficient (Wildman–Crippen LogP) is 3.14. The lowest BCUT2D eigenvalue weighted by Gasteiger charge is -2.13. The summed E-state index contributed by atoms with van der Waals surface area (Å²) in [5, 5.41) is 12.3. The van der Waals surface area contributed by atoms with Crippen molar-refractivity contribution in [1.29, 1.82) is 0 Å². The highest BCUT2D eigenvalue weighted by atomic mass is 16.2. The van der Waals surface area contributed by atoms with Gasteiger partial charge < -0.3 is 10.4 Å². The first-order valence-corrected chi connectivity index (χ1v) is 7.04. The zero-order chi connectivity index (χ0) is 13.4. The minimum atomic E-state index is 0.288. The van der Waals surface area contributed by atoms with E-state index in [1.165, 1.54) is 11.1 Å². The molecule has 1 rings (SSSR count). The number of benzene rings is 1. The van der Waals surface area contributed by atoms with Crippen LogP contribution in [-0.2, 0) is 13.0 Å². The number of rotatable bonds is 8. The SMILES string of the molecule is CC(C)Cc1ccc(CNC(C)CCCO)cc1. The van der Waals surface area contributed by atoms with Gasteiger partial charge in [0.05, 0.1) is 0 Å². The van der Waals surface area contributed by atoms with Crippen LogP contribution in [0.3, 0.4) is 0 Å². The van der Waals surface area contributed by atoms with Gasteiger partial charge in [0.15, 0.2) is 0 Å². The van der Waals surface area contributed by atoms with Crippen LogP contribution < -0.4 is 5.32 Å². The summed E-state index contributed by atoms with van der Waals surface area (Å²) in [7, 11) is 0. The smallest absolute Gasteiger partial charge is 0.0431 e. The summed E-state index contributed by atoms with van der Waals surface area (Å²) >= 11 is 0. The molecule has 1 unspecified atom stereocenters. The van der Waals surface area contributed by atoms with Crippen molar-refractivity contribution in [2.75, 3.05) is 6.61 Å². The summed E-state index contributed by atoms with van der Waals surface area (Å²) < 4.78 is 0. The molecule has 0 spiro atoms. The summed E-state index contributed by atoms with van der Waals surface area (Å²) in [4.78, 5) is 0. The number of hydrogen-bond donors (Lipinski definition) is 2. The standard InChI is InChI=1S/C16H27NO/c1-13(2)11-15-6-8-16(9-7-15)12-17-14(3)5-4-10-18/h6-9,13-14,17-18H,4-5,10-12H2,1-3H3. The molecule has 0 amide bonds. The van der Waals surface area contributed by atoms with Crippen LogP contribution in [0.5, 0.6) is 0 Å². The van der Waals surface area contributed by atoms with Gasteiger partial charge in [0.2, 0.25) is 0 Å². The van der Waals surface area contributed by atoms with Crippen LogP contribution in [0.1, 0.15) is 44.7 Å². The van der Waals surface area contributed by atoms with Crippen LogP contribution in [0.4, 0.5) is 0 Å². The van der Waals surface area contributed by atoms with Crippen LogP contribution in [-0.4, -0.2) is 17.8 Å². The summed E-state index contributed by atoms with van der Waals surface area (Å²) in [6, 6.07) is 9.35. The van der Waals surface area contributed by atoms with Crippen LogP contribution in [0.15, 0.2) is 24.3 Å². The van der Waals surface area contributed by atoms with Gasteiger partial charge in [0.1, 0.15) is 0 Å². The minimum absolute atomic E-state index is 0.288. The van der Waals surface area contributed by atoms with Gasteiger partial charge >= 0.3 is 0 Å². The molecule has 0 saturated heterocycles. The first kappa shape index (κ1) is 15.2. The molecule has 0 heterocycles. The molecule has 1 aromatic rings. The van der Waals surface area contributed by atoms with Gasteiger partial charge in [0, 0.05) is 19.2 Å². The van der Waals surface area contributed by atoms with Crippen molar-refractivity contribution >= 4 is 0 Å². The molecule has 2 N–H and O–H groups in total. The molecule has 0 aliphatic heterocycles. The molecule has 0 aromatic heterocycles. The van der Waals surface area contributed by atoms with E-state index in [1.807, 2.05) is 0 Å². The van der Waals surface area contributed by atoms with Gasteiger partial charge in [-0.25, -0.2) is 0 Å². The molecule has 2 nitrogen and oxygen atoms in total. The molecule has 0 aliphatic rings. The molecule has 0 aliphatic carbocycles. The third kappa shape index (κ3) is 6.18. The summed E-state index contributed by atoms with van der Waals surface area (Å²) in [6.07, 6.45) is 3.06. The van der Waals surface area contributed by atoms with Crippen molar-refractivity contribution in [3.05, 3.63) is 35.4 Å². The van der Waals surface area contributed by atoms with E-state index in [0.717, 1.165) is 25.8 Å². The van der Waals surface area contributed by atoms with E-state index in [1.54, 1.807) is 0 Å². The molecule has 0 bridgehead atoms. The van der Waals surface area contributed by atoms with Crippen molar-refractivity contribution in [2.24, 2.45) is 5.92 Å². The second kappa shape index (κ2) is 8.28. The third-order valence-electron chi connectivity index (χ3n) is 3.12. The lowest BCUT2D eigenvalue weighted by molar-refractivity contribution is 0.276. The molecule has 0 radical (unpaired) electrons.